The molecule has 0 aliphatic carbocycles. The molecule has 0 radical (unpaired) electrons. The molecule has 1 heterocycles. The van der Waals surface area contributed by atoms with E-state index in [1.807, 2.05) is 0 Å². The first-order chi connectivity index (χ1) is 16.6. The molecule has 0 aromatic heterocycles. The first-order valence-electron chi connectivity index (χ1n) is 10.2. The second-order valence-electron chi connectivity index (χ2n) is 7.49. The number of Topliss-reactive ketones (excluding diaryl/α,β-unsaturated/α-hetero) is 1. The van der Waals surface area contributed by atoms with Crippen molar-refractivity contribution < 1.29 is 37.3 Å². The fourth-order valence-corrected chi connectivity index (χ4v) is 4.04. The summed E-state index contributed by atoms with van der Waals surface area (Å²) >= 11 is 3.31. The van der Waals surface area contributed by atoms with Gasteiger partial charge in [0.1, 0.15) is 17.3 Å². The van der Waals surface area contributed by atoms with Gasteiger partial charge in [-0.15, -0.1) is 13.2 Å². The number of hydrogen-bond acceptors (Lipinski definition) is 5. The molecule has 0 bridgehead atoms. The molecular formula is C25H17BrF3NO5. The van der Waals surface area contributed by atoms with E-state index in [2.05, 4.69) is 20.7 Å². The van der Waals surface area contributed by atoms with Gasteiger partial charge in [0, 0.05) is 15.7 Å². The average molecular weight is 548 g/mol. The summed E-state index contributed by atoms with van der Waals surface area (Å²) in [6.45, 7) is 0. The normalized spacial score (nSPS) is 17.5. The van der Waals surface area contributed by atoms with Crippen molar-refractivity contribution >= 4 is 39.1 Å². The molecule has 1 atom stereocenters. The maximum absolute atomic E-state index is 13.1. The molecule has 1 saturated heterocycles. The van der Waals surface area contributed by atoms with Crippen molar-refractivity contribution in [2.24, 2.45) is 0 Å². The average Bonchev–Trinajstić information content (AvgIpc) is 3.09. The van der Waals surface area contributed by atoms with Gasteiger partial charge in [-0.05, 0) is 54.1 Å². The Balaban J connectivity index is 1.84. The van der Waals surface area contributed by atoms with Gasteiger partial charge in [-0.1, -0.05) is 40.2 Å². The maximum atomic E-state index is 13.1. The van der Waals surface area contributed by atoms with Crippen LogP contribution in [0.5, 0.6) is 11.5 Å². The largest absolute Gasteiger partial charge is 0.573 e. The monoisotopic (exact) mass is 547 g/mol. The lowest BCUT2D eigenvalue weighted by Gasteiger charge is -2.25. The van der Waals surface area contributed by atoms with E-state index in [9.17, 15) is 27.9 Å². The van der Waals surface area contributed by atoms with Gasteiger partial charge in [0.2, 0.25) is 0 Å². The molecule has 1 N–H and O–H groups in total. The first kappa shape index (κ1) is 24.3. The Kier molecular flexibility index (Phi) is 6.58. The van der Waals surface area contributed by atoms with Crippen molar-refractivity contribution in [1.82, 2.24) is 0 Å². The van der Waals surface area contributed by atoms with Crippen LogP contribution in [0.4, 0.5) is 18.9 Å². The molecule has 6 nitrogen and oxygen atoms in total. The number of ether oxygens (including phenoxy) is 2. The molecule has 0 saturated carbocycles. The van der Waals surface area contributed by atoms with Crippen molar-refractivity contribution in [1.29, 1.82) is 0 Å². The number of benzene rings is 3. The highest BCUT2D eigenvalue weighted by Gasteiger charge is 2.47. The summed E-state index contributed by atoms with van der Waals surface area (Å²) in [5, 5.41) is 11.1. The molecule has 35 heavy (non-hydrogen) atoms. The van der Waals surface area contributed by atoms with Crippen LogP contribution >= 0.6 is 15.9 Å². The number of alkyl halides is 3. The fourth-order valence-electron chi connectivity index (χ4n) is 3.77. The van der Waals surface area contributed by atoms with Crippen LogP contribution in [0.1, 0.15) is 17.2 Å². The third kappa shape index (κ3) is 5.02. The van der Waals surface area contributed by atoms with E-state index in [-0.39, 0.29) is 17.0 Å². The zero-order chi connectivity index (χ0) is 25.3. The second kappa shape index (κ2) is 9.46. The summed E-state index contributed by atoms with van der Waals surface area (Å²) in [6.07, 6.45) is -4.88. The lowest BCUT2D eigenvalue weighted by molar-refractivity contribution is -0.274. The number of rotatable bonds is 5. The summed E-state index contributed by atoms with van der Waals surface area (Å²) in [7, 11) is 1.49. The summed E-state index contributed by atoms with van der Waals surface area (Å²) in [5.41, 5.74) is 0.799. The Bertz CT molecular complexity index is 1290. The van der Waals surface area contributed by atoms with E-state index in [1.165, 1.54) is 19.2 Å². The number of anilines is 1. The van der Waals surface area contributed by atoms with Crippen molar-refractivity contribution in [3.63, 3.8) is 0 Å². The molecule has 180 valence electrons. The van der Waals surface area contributed by atoms with Crippen LogP contribution in [0.2, 0.25) is 0 Å². The van der Waals surface area contributed by atoms with Crippen LogP contribution in [-0.4, -0.2) is 30.3 Å². The summed E-state index contributed by atoms with van der Waals surface area (Å²) in [5.74, 6) is -2.19. The SMILES string of the molecule is COc1ccc(C2/C(=C(\O)c3ccc(Br)cc3)C(=O)C(=O)N2c2ccc(OC(F)(F)F)cc2)cc1. The van der Waals surface area contributed by atoms with Gasteiger partial charge in [-0.2, -0.15) is 0 Å². The van der Waals surface area contributed by atoms with Gasteiger partial charge < -0.3 is 14.6 Å². The van der Waals surface area contributed by atoms with E-state index in [0.717, 1.165) is 21.5 Å². The van der Waals surface area contributed by atoms with Crippen LogP contribution in [0.15, 0.2) is 82.8 Å². The van der Waals surface area contributed by atoms with E-state index in [0.29, 0.717) is 16.9 Å². The lowest BCUT2D eigenvalue weighted by atomic mass is 9.95. The standard InChI is InChI=1S/C25H17BrF3NO5/c1-34-18-10-4-14(5-11-18)21-20(22(31)15-2-6-16(26)7-3-15)23(32)24(33)30(21)17-8-12-19(13-9-17)35-25(27,28)29/h2-13,21,31H,1H3/b22-20+. The minimum Gasteiger partial charge on any atom is -0.507 e. The quantitative estimate of drug-likeness (QED) is 0.241. The zero-order valence-electron chi connectivity index (χ0n) is 18.0. The molecule has 1 unspecified atom stereocenters. The minimum absolute atomic E-state index is 0.150. The predicted molar refractivity (Wildman–Crippen MR) is 125 cm³/mol. The summed E-state index contributed by atoms with van der Waals surface area (Å²) < 4.78 is 47.5. The molecular weight excluding hydrogens is 531 g/mol. The van der Waals surface area contributed by atoms with Crippen molar-refractivity contribution in [2.75, 3.05) is 12.0 Å². The highest BCUT2D eigenvalue weighted by Crippen LogP contribution is 2.43. The third-order valence-electron chi connectivity index (χ3n) is 5.34. The molecule has 0 spiro atoms. The second-order valence-corrected chi connectivity index (χ2v) is 8.41. The summed E-state index contributed by atoms with van der Waals surface area (Å²) in [4.78, 5) is 27.4. The number of hydrogen-bond donors (Lipinski definition) is 1. The lowest BCUT2D eigenvalue weighted by Crippen LogP contribution is -2.29. The van der Waals surface area contributed by atoms with E-state index in [1.54, 1.807) is 48.5 Å². The number of aliphatic hydroxyl groups is 1. The third-order valence-corrected chi connectivity index (χ3v) is 5.87. The number of aliphatic hydroxyl groups excluding tert-OH is 1. The van der Waals surface area contributed by atoms with Crippen molar-refractivity contribution in [2.45, 2.75) is 12.4 Å². The Morgan fingerprint density at radius 2 is 1.49 bits per heavy atom. The minimum atomic E-state index is -4.88. The molecule has 3 aromatic carbocycles. The van der Waals surface area contributed by atoms with Gasteiger partial charge in [-0.25, -0.2) is 0 Å². The van der Waals surface area contributed by atoms with Gasteiger partial charge >= 0.3 is 6.36 Å². The number of amides is 1. The zero-order valence-corrected chi connectivity index (χ0v) is 19.6. The van der Waals surface area contributed by atoms with Crippen molar-refractivity contribution in [3.05, 3.63) is 94.0 Å². The highest BCUT2D eigenvalue weighted by atomic mass is 79.9. The number of ketones is 1. The van der Waals surface area contributed by atoms with E-state index in [4.69, 9.17) is 4.74 Å². The number of methoxy groups -OCH3 is 1. The number of nitrogens with zero attached hydrogens (tertiary/aromatic N) is 1. The number of carbonyl (C=O) groups excluding carboxylic acids is 2. The molecule has 1 aliphatic rings. The Labute approximate surface area is 206 Å². The van der Waals surface area contributed by atoms with E-state index >= 15 is 0 Å². The number of halogens is 4. The number of carbonyl (C=O) groups is 2. The summed E-state index contributed by atoms with van der Waals surface area (Å²) in [6, 6.07) is 16.6. The Hall–Kier alpha value is -3.79. The smallest absolute Gasteiger partial charge is 0.507 e. The highest BCUT2D eigenvalue weighted by molar-refractivity contribution is 9.10. The van der Waals surface area contributed by atoms with Crippen LogP contribution in [-0.2, 0) is 9.59 Å². The van der Waals surface area contributed by atoms with Gasteiger partial charge in [0.25, 0.3) is 11.7 Å². The molecule has 4 rings (SSSR count). The molecule has 1 fully saturated rings. The van der Waals surface area contributed by atoms with Gasteiger partial charge in [0.05, 0.1) is 18.7 Å². The first-order valence-corrected chi connectivity index (χ1v) is 10.9. The molecule has 1 amide bonds. The van der Waals surface area contributed by atoms with Crippen LogP contribution < -0.4 is 14.4 Å². The maximum Gasteiger partial charge on any atom is 0.573 e. The van der Waals surface area contributed by atoms with Crippen LogP contribution in [0.3, 0.4) is 0 Å². The molecule has 3 aromatic rings. The van der Waals surface area contributed by atoms with E-state index < -0.39 is 29.8 Å². The van der Waals surface area contributed by atoms with Crippen LogP contribution in [0.25, 0.3) is 5.76 Å². The molecule has 10 heteroatoms. The fraction of sp³-hybridized carbons (Fsp3) is 0.120. The Morgan fingerprint density at radius 1 is 0.914 bits per heavy atom. The van der Waals surface area contributed by atoms with Gasteiger partial charge in [-0.3, -0.25) is 14.5 Å². The van der Waals surface area contributed by atoms with Crippen LogP contribution in [0, 0.1) is 0 Å². The van der Waals surface area contributed by atoms with Gasteiger partial charge in [0.15, 0.2) is 0 Å². The Morgan fingerprint density at radius 3 is 2.03 bits per heavy atom. The molecule has 1 aliphatic heterocycles. The predicted octanol–water partition coefficient (Wildman–Crippen LogP) is 5.98. The topological polar surface area (TPSA) is 76.1 Å². The van der Waals surface area contributed by atoms with Crippen molar-refractivity contribution in [3.8, 4) is 11.5 Å².